The Hall–Kier alpha value is -2.94. The molecule has 4 rings (SSSR count). The maximum Gasteiger partial charge on any atom is 0.158 e. The number of allylic oxidation sites excluding steroid dienone is 1. The van der Waals surface area contributed by atoms with Crippen LogP contribution >= 0.6 is 11.6 Å². The average Bonchev–Trinajstić information content (AvgIpc) is 3.21. The number of hydrogen-bond acceptors (Lipinski definition) is 7. The van der Waals surface area contributed by atoms with Crippen molar-refractivity contribution in [2.24, 2.45) is 4.99 Å². The van der Waals surface area contributed by atoms with Gasteiger partial charge in [0, 0.05) is 24.6 Å². The van der Waals surface area contributed by atoms with Crippen LogP contribution < -0.4 is 10.1 Å². The van der Waals surface area contributed by atoms with Gasteiger partial charge in [0.15, 0.2) is 5.82 Å². The van der Waals surface area contributed by atoms with Gasteiger partial charge in [-0.1, -0.05) is 17.7 Å². The highest BCUT2D eigenvalue weighted by molar-refractivity contribution is 6.32. The van der Waals surface area contributed by atoms with Crippen LogP contribution in [0.3, 0.4) is 0 Å². The van der Waals surface area contributed by atoms with Gasteiger partial charge in [0.05, 0.1) is 36.1 Å². The minimum Gasteiger partial charge on any atom is -0.486 e. The van der Waals surface area contributed by atoms with E-state index in [2.05, 4.69) is 26.4 Å². The molecule has 9 heteroatoms. The number of ether oxygens (including phenoxy) is 2. The van der Waals surface area contributed by atoms with Crippen LogP contribution in [0.4, 0.5) is 11.5 Å². The first-order valence-electron chi connectivity index (χ1n) is 10.1. The molecule has 1 aliphatic rings. The molecule has 3 aromatic rings. The number of aliphatic hydroxyl groups excluding tert-OH is 1. The molecule has 31 heavy (non-hydrogen) atoms. The summed E-state index contributed by atoms with van der Waals surface area (Å²) in [6.45, 7) is 1.82. The number of rotatable bonds is 10. The Morgan fingerprint density at radius 1 is 1.16 bits per heavy atom. The first-order valence-corrected chi connectivity index (χ1v) is 10.5. The molecule has 0 radical (unpaired) electrons. The normalized spacial score (nSPS) is 13.4. The summed E-state index contributed by atoms with van der Waals surface area (Å²) in [6, 6.07) is 7.46. The van der Waals surface area contributed by atoms with Crippen molar-refractivity contribution >= 4 is 40.4 Å². The number of aliphatic imine (C=N–C) groups is 1. The molecule has 1 aromatic carbocycles. The molecule has 0 saturated carbocycles. The molecule has 162 valence electrons. The highest BCUT2D eigenvalue weighted by Gasteiger charge is 2.11. The average molecular weight is 442 g/mol. The van der Waals surface area contributed by atoms with E-state index in [0.29, 0.717) is 43.0 Å². The van der Waals surface area contributed by atoms with Crippen molar-refractivity contribution in [3.63, 3.8) is 0 Å². The molecule has 0 spiro atoms. The third-order valence-corrected chi connectivity index (χ3v) is 5.06. The van der Waals surface area contributed by atoms with Gasteiger partial charge in [-0.2, -0.15) is 0 Å². The third-order valence-electron chi connectivity index (χ3n) is 4.77. The van der Waals surface area contributed by atoms with Gasteiger partial charge < -0.3 is 24.5 Å². The van der Waals surface area contributed by atoms with Crippen LogP contribution in [0, 0.1) is 0 Å². The zero-order chi connectivity index (χ0) is 21.5. The standard InChI is InChI=1S/C22H24ClN5O3/c23-18-13-16(4-5-20(18)31-14-17-3-1-2-7-24-17)27-22-21-19(25-15-26-22)6-8-28(21)9-11-30-12-10-29/h3-8,13,15,29H,1-2,9-12,14H2,(H,25,26,27). The van der Waals surface area contributed by atoms with Crippen LogP contribution in [0.15, 0.2) is 53.6 Å². The lowest BCUT2D eigenvalue weighted by Crippen LogP contribution is -2.09. The summed E-state index contributed by atoms with van der Waals surface area (Å²) in [5.74, 6) is 1.27. The van der Waals surface area contributed by atoms with Crippen LogP contribution in [0.1, 0.15) is 12.8 Å². The highest BCUT2D eigenvalue weighted by atomic mass is 35.5. The maximum atomic E-state index is 8.86. The van der Waals surface area contributed by atoms with E-state index in [-0.39, 0.29) is 6.61 Å². The van der Waals surface area contributed by atoms with E-state index in [1.54, 1.807) is 6.07 Å². The number of aliphatic hydroxyl groups is 1. The Labute approximate surface area is 185 Å². The number of nitrogens with zero attached hydrogens (tertiary/aromatic N) is 4. The Balaban J connectivity index is 1.47. The number of nitrogens with one attached hydrogen (secondary N) is 1. The van der Waals surface area contributed by atoms with Gasteiger partial charge in [-0.25, -0.2) is 9.97 Å². The van der Waals surface area contributed by atoms with Crippen LogP contribution in [0.2, 0.25) is 5.02 Å². The minimum atomic E-state index is 0.00756. The summed E-state index contributed by atoms with van der Waals surface area (Å²) >= 11 is 6.44. The van der Waals surface area contributed by atoms with E-state index in [1.807, 2.05) is 35.2 Å². The van der Waals surface area contributed by atoms with Crippen molar-refractivity contribution in [3.8, 4) is 5.75 Å². The molecule has 8 nitrogen and oxygen atoms in total. The number of halogens is 1. The summed E-state index contributed by atoms with van der Waals surface area (Å²) in [6.07, 6.45) is 9.41. The summed E-state index contributed by atoms with van der Waals surface area (Å²) in [5.41, 5.74) is 3.40. The fourth-order valence-corrected chi connectivity index (χ4v) is 3.51. The number of benzene rings is 1. The van der Waals surface area contributed by atoms with Crippen molar-refractivity contribution in [2.45, 2.75) is 19.4 Å². The SMILES string of the molecule is OCCOCCn1ccc2ncnc(Nc3ccc(OCC4=CCCC=N4)c(Cl)c3)c21. The zero-order valence-corrected chi connectivity index (χ0v) is 17.8. The van der Waals surface area contributed by atoms with Crippen LogP contribution in [-0.4, -0.2) is 52.3 Å². The smallest absolute Gasteiger partial charge is 0.158 e. The van der Waals surface area contributed by atoms with Crippen molar-refractivity contribution in [2.75, 3.05) is 31.7 Å². The topological polar surface area (TPSA) is 93.8 Å². The Kier molecular flexibility index (Phi) is 7.14. The van der Waals surface area contributed by atoms with Gasteiger partial charge in [-0.3, -0.25) is 4.99 Å². The summed E-state index contributed by atoms with van der Waals surface area (Å²) < 4.78 is 13.2. The van der Waals surface area contributed by atoms with Crippen molar-refractivity contribution in [3.05, 3.63) is 53.6 Å². The van der Waals surface area contributed by atoms with Crippen molar-refractivity contribution in [1.29, 1.82) is 0 Å². The molecule has 0 aliphatic carbocycles. The lowest BCUT2D eigenvalue weighted by Gasteiger charge is -2.13. The summed E-state index contributed by atoms with van der Waals surface area (Å²) in [4.78, 5) is 13.1. The van der Waals surface area contributed by atoms with Crippen LogP contribution in [-0.2, 0) is 11.3 Å². The second kappa shape index (κ2) is 10.4. The molecule has 3 heterocycles. The predicted octanol–water partition coefficient (Wildman–Crippen LogP) is 3.96. The van der Waals surface area contributed by atoms with E-state index in [0.717, 1.165) is 35.3 Å². The molecule has 0 unspecified atom stereocenters. The molecule has 0 amide bonds. The van der Waals surface area contributed by atoms with Crippen LogP contribution in [0.25, 0.3) is 11.0 Å². The second-order valence-corrected chi connectivity index (χ2v) is 7.35. The van der Waals surface area contributed by atoms with E-state index >= 15 is 0 Å². The number of aromatic nitrogens is 3. The summed E-state index contributed by atoms with van der Waals surface area (Å²) in [7, 11) is 0. The number of fused-ring (bicyclic) bond motifs is 1. The minimum absolute atomic E-state index is 0.00756. The van der Waals surface area contributed by atoms with Gasteiger partial charge in [-0.05, 0) is 37.1 Å². The van der Waals surface area contributed by atoms with E-state index < -0.39 is 0 Å². The molecule has 2 aromatic heterocycles. The molecule has 0 fully saturated rings. The van der Waals surface area contributed by atoms with Gasteiger partial charge in [0.1, 0.15) is 24.2 Å². The Morgan fingerprint density at radius 2 is 2.10 bits per heavy atom. The lowest BCUT2D eigenvalue weighted by molar-refractivity contribution is 0.0875. The van der Waals surface area contributed by atoms with E-state index in [9.17, 15) is 0 Å². The van der Waals surface area contributed by atoms with Crippen molar-refractivity contribution < 1.29 is 14.6 Å². The van der Waals surface area contributed by atoms with Crippen molar-refractivity contribution in [1.82, 2.24) is 14.5 Å². The number of anilines is 2. The molecule has 1 aliphatic heterocycles. The third kappa shape index (κ3) is 5.41. The second-order valence-electron chi connectivity index (χ2n) is 6.94. The van der Waals surface area contributed by atoms with E-state index in [1.165, 1.54) is 6.33 Å². The Bertz CT molecular complexity index is 1100. The zero-order valence-electron chi connectivity index (χ0n) is 17.0. The maximum absolute atomic E-state index is 8.86. The summed E-state index contributed by atoms with van der Waals surface area (Å²) in [5, 5.41) is 12.7. The molecular weight excluding hydrogens is 418 g/mol. The van der Waals surface area contributed by atoms with Gasteiger partial charge in [0.25, 0.3) is 0 Å². The molecule has 2 N–H and O–H groups in total. The first kappa shape index (κ1) is 21.3. The molecule has 0 bridgehead atoms. The molecule has 0 saturated heterocycles. The van der Waals surface area contributed by atoms with Gasteiger partial charge in [-0.15, -0.1) is 0 Å². The monoisotopic (exact) mass is 441 g/mol. The molecule has 0 atom stereocenters. The largest absolute Gasteiger partial charge is 0.486 e. The predicted molar refractivity (Wildman–Crippen MR) is 121 cm³/mol. The van der Waals surface area contributed by atoms with Gasteiger partial charge >= 0.3 is 0 Å². The highest BCUT2D eigenvalue weighted by Crippen LogP contribution is 2.31. The first-order chi connectivity index (χ1) is 15.2. The quantitative estimate of drug-likeness (QED) is 0.462. The van der Waals surface area contributed by atoms with Crippen LogP contribution in [0.5, 0.6) is 5.75 Å². The number of hydrogen-bond donors (Lipinski definition) is 2. The fraction of sp³-hybridized carbons (Fsp3) is 0.318. The lowest BCUT2D eigenvalue weighted by atomic mass is 10.2. The fourth-order valence-electron chi connectivity index (χ4n) is 3.28. The van der Waals surface area contributed by atoms with E-state index in [4.69, 9.17) is 26.2 Å². The molecular formula is C22H24ClN5O3. The Morgan fingerprint density at radius 3 is 2.90 bits per heavy atom. The van der Waals surface area contributed by atoms with Gasteiger partial charge in [0.2, 0.25) is 0 Å².